The van der Waals surface area contributed by atoms with Crippen LogP contribution < -0.4 is 22.7 Å². The third kappa shape index (κ3) is 1.88. The topological polar surface area (TPSA) is 29.9 Å². The van der Waals surface area contributed by atoms with Crippen molar-refractivity contribution >= 4 is 5.82 Å². The monoisotopic (exact) mass is 158 g/mol. The molecule has 0 atom stereocenters. The number of nitrogens with zero attached hydrogens (tertiary/aromatic N) is 1. The van der Waals surface area contributed by atoms with Crippen LogP contribution in [0.3, 0.4) is 0 Å². The summed E-state index contributed by atoms with van der Waals surface area (Å²) in [6, 6.07) is 5.80. The van der Waals surface area contributed by atoms with E-state index in [0.717, 1.165) is 12.4 Å². The molecule has 2 nitrogen and oxygen atoms in total. The van der Waals surface area contributed by atoms with Crippen molar-refractivity contribution in [1.82, 2.24) is 0 Å². The molecule has 0 spiro atoms. The Hall–Kier alpha value is -0.760. The van der Waals surface area contributed by atoms with E-state index in [9.17, 15) is 0 Å². The average Bonchev–Trinajstić information content (AvgIpc) is 1.89. The van der Waals surface area contributed by atoms with Gasteiger partial charge in [-0.3, -0.25) is 5.73 Å². The summed E-state index contributed by atoms with van der Waals surface area (Å²) in [5, 5.41) is 0. The molecule has 0 aliphatic heterocycles. The Bertz CT molecular complexity index is 201. The lowest BCUT2D eigenvalue weighted by atomic mass is 10.4. The van der Waals surface area contributed by atoms with E-state index >= 15 is 0 Å². The Labute approximate surface area is 67.1 Å². The minimum Gasteiger partial charge on any atom is -1.00 e. The van der Waals surface area contributed by atoms with Crippen LogP contribution in [0.1, 0.15) is 6.92 Å². The summed E-state index contributed by atoms with van der Waals surface area (Å²) in [6.07, 6.45) is 1.97. The van der Waals surface area contributed by atoms with Crippen LogP contribution in [-0.4, -0.2) is 0 Å². The summed E-state index contributed by atoms with van der Waals surface area (Å²) in [4.78, 5) is 0. The predicted octanol–water partition coefficient (Wildman–Crippen LogP) is -2.42. The van der Waals surface area contributed by atoms with Crippen molar-refractivity contribution in [3.63, 3.8) is 0 Å². The number of anilines is 1. The molecule has 1 heterocycles. The van der Waals surface area contributed by atoms with Crippen LogP contribution in [0.25, 0.3) is 0 Å². The van der Waals surface area contributed by atoms with Crippen LogP contribution in [0, 0.1) is 0 Å². The molecule has 0 aliphatic rings. The van der Waals surface area contributed by atoms with E-state index in [2.05, 4.69) is 6.92 Å². The lowest BCUT2D eigenvalue weighted by Gasteiger charge is -1.95. The Kier molecular flexibility index (Phi) is 3.81. The van der Waals surface area contributed by atoms with E-state index < -0.39 is 0 Å². The molecule has 0 saturated carbocycles. The first-order valence-electron chi connectivity index (χ1n) is 3.08. The fourth-order valence-corrected chi connectivity index (χ4v) is 0.778. The second-order valence-corrected chi connectivity index (χ2v) is 1.91. The molecule has 0 amide bonds. The number of nitrogens with two attached hydrogens (primary N) is 1. The minimum atomic E-state index is 0. The molecule has 0 aliphatic carbocycles. The molecule has 0 aromatic carbocycles. The van der Waals surface area contributed by atoms with Gasteiger partial charge >= 0.3 is 0 Å². The lowest BCUT2D eigenvalue weighted by molar-refractivity contribution is -0.679. The van der Waals surface area contributed by atoms with Gasteiger partial charge in [-0.1, -0.05) is 6.07 Å². The number of aromatic nitrogens is 1. The normalized spacial score (nSPS) is 8.50. The number of rotatable bonds is 1. The maximum Gasteiger partial charge on any atom is 0.272 e. The van der Waals surface area contributed by atoms with Gasteiger partial charge in [0.05, 0.1) is 12.7 Å². The maximum absolute atomic E-state index is 5.59. The van der Waals surface area contributed by atoms with Gasteiger partial charge in [-0.15, -0.1) is 0 Å². The quantitative estimate of drug-likeness (QED) is 0.453. The largest absolute Gasteiger partial charge is 1.00 e. The minimum absolute atomic E-state index is 0. The molecule has 1 rings (SSSR count). The van der Waals surface area contributed by atoms with E-state index in [1.165, 1.54) is 0 Å². The highest BCUT2D eigenvalue weighted by atomic mass is 35.5. The van der Waals surface area contributed by atoms with Crippen LogP contribution in [0.15, 0.2) is 24.4 Å². The summed E-state index contributed by atoms with van der Waals surface area (Å²) >= 11 is 0. The Morgan fingerprint density at radius 2 is 2.20 bits per heavy atom. The van der Waals surface area contributed by atoms with Gasteiger partial charge in [0.15, 0.2) is 0 Å². The van der Waals surface area contributed by atoms with Gasteiger partial charge < -0.3 is 12.4 Å². The van der Waals surface area contributed by atoms with Gasteiger partial charge in [0.2, 0.25) is 0 Å². The summed E-state index contributed by atoms with van der Waals surface area (Å²) in [5.74, 6) is 0.819. The van der Waals surface area contributed by atoms with Gasteiger partial charge in [-0.05, 0) is 13.0 Å². The molecule has 0 radical (unpaired) electrons. The molecule has 1 aromatic heterocycles. The van der Waals surface area contributed by atoms with Crippen molar-refractivity contribution in [1.29, 1.82) is 0 Å². The molecule has 1 aromatic rings. The lowest BCUT2D eigenvalue weighted by Crippen LogP contribution is -3.00. The maximum atomic E-state index is 5.59. The summed E-state index contributed by atoms with van der Waals surface area (Å²) in [5.41, 5.74) is 5.59. The van der Waals surface area contributed by atoms with Crippen LogP contribution >= 0.6 is 0 Å². The average molecular weight is 159 g/mol. The number of nitrogen functional groups attached to an aromatic ring is 1. The first-order chi connectivity index (χ1) is 4.34. The molecular formula is C7H11ClN2. The summed E-state index contributed by atoms with van der Waals surface area (Å²) in [7, 11) is 0. The Morgan fingerprint density at radius 1 is 1.50 bits per heavy atom. The van der Waals surface area contributed by atoms with Gasteiger partial charge in [-0.2, -0.15) is 0 Å². The van der Waals surface area contributed by atoms with Gasteiger partial charge in [0.25, 0.3) is 5.82 Å². The van der Waals surface area contributed by atoms with Gasteiger partial charge in [0, 0.05) is 6.07 Å². The Balaban J connectivity index is 0.000000810. The number of hydrogen-bond acceptors (Lipinski definition) is 1. The van der Waals surface area contributed by atoms with Crippen LogP contribution in [0.4, 0.5) is 5.82 Å². The zero-order valence-corrected chi connectivity index (χ0v) is 6.67. The molecule has 10 heavy (non-hydrogen) atoms. The number of halogens is 1. The second kappa shape index (κ2) is 4.12. The highest BCUT2D eigenvalue weighted by Gasteiger charge is 1.95. The number of hydrogen-bond donors (Lipinski definition) is 1. The van der Waals surface area contributed by atoms with Crippen molar-refractivity contribution in [2.24, 2.45) is 0 Å². The molecular weight excluding hydrogens is 148 g/mol. The zero-order valence-electron chi connectivity index (χ0n) is 5.92. The van der Waals surface area contributed by atoms with Crippen LogP contribution in [0.5, 0.6) is 0 Å². The fourth-order valence-electron chi connectivity index (χ4n) is 0.778. The number of aryl methyl sites for hydroxylation is 1. The van der Waals surface area contributed by atoms with E-state index in [0.29, 0.717) is 0 Å². The third-order valence-corrected chi connectivity index (χ3v) is 1.32. The van der Waals surface area contributed by atoms with Crippen molar-refractivity contribution < 1.29 is 17.0 Å². The SMILES string of the molecule is CC[n+]1ccccc1N.[Cl-]. The number of pyridine rings is 1. The molecule has 56 valence electrons. The second-order valence-electron chi connectivity index (χ2n) is 1.91. The first-order valence-corrected chi connectivity index (χ1v) is 3.08. The highest BCUT2D eigenvalue weighted by Crippen LogP contribution is 1.88. The van der Waals surface area contributed by atoms with Crippen molar-refractivity contribution in [2.45, 2.75) is 13.5 Å². The first kappa shape index (κ1) is 9.24. The predicted molar refractivity (Wildman–Crippen MR) is 36.7 cm³/mol. The Morgan fingerprint density at radius 3 is 2.60 bits per heavy atom. The smallest absolute Gasteiger partial charge is 0.272 e. The van der Waals surface area contributed by atoms with Crippen molar-refractivity contribution in [3.8, 4) is 0 Å². The molecule has 0 bridgehead atoms. The molecule has 0 saturated heterocycles. The van der Waals surface area contributed by atoms with E-state index in [1.807, 2.05) is 29.0 Å². The third-order valence-electron chi connectivity index (χ3n) is 1.32. The van der Waals surface area contributed by atoms with Crippen LogP contribution in [0.2, 0.25) is 0 Å². The fraction of sp³-hybridized carbons (Fsp3) is 0.286. The summed E-state index contributed by atoms with van der Waals surface area (Å²) < 4.78 is 1.99. The summed E-state index contributed by atoms with van der Waals surface area (Å²) in [6.45, 7) is 3.00. The van der Waals surface area contributed by atoms with Crippen molar-refractivity contribution in [2.75, 3.05) is 5.73 Å². The van der Waals surface area contributed by atoms with Gasteiger partial charge in [-0.25, -0.2) is 4.57 Å². The van der Waals surface area contributed by atoms with Crippen molar-refractivity contribution in [3.05, 3.63) is 24.4 Å². The highest BCUT2D eigenvalue weighted by molar-refractivity contribution is 5.18. The van der Waals surface area contributed by atoms with E-state index in [4.69, 9.17) is 5.73 Å². The molecule has 0 fully saturated rings. The van der Waals surface area contributed by atoms with E-state index in [-0.39, 0.29) is 12.4 Å². The van der Waals surface area contributed by atoms with Crippen LogP contribution in [-0.2, 0) is 6.54 Å². The standard InChI is InChI=1S/C7H10N2.ClH/c1-2-9-6-4-3-5-7(9)8;/h3-6,8H,2H2,1H3;1H. The van der Waals surface area contributed by atoms with E-state index in [1.54, 1.807) is 0 Å². The molecule has 0 unspecified atom stereocenters. The van der Waals surface area contributed by atoms with Gasteiger partial charge in [0.1, 0.15) is 0 Å². The molecule has 3 heteroatoms. The zero-order chi connectivity index (χ0) is 6.69. The molecule has 2 N–H and O–H groups in total.